The molecular formula is C12H14F3N3O4S. The molecule has 0 fully saturated rings. The van der Waals surface area contributed by atoms with Crippen LogP contribution in [0.5, 0.6) is 0 Å². The first-order valence-electron chi connectivity index (χ1n) is 5.82. The Balaban J connectivity index is 0.000000585. The topological polar surface area (TPSA) is 139 Å². The van der Waals surface area contributed by atoms with Crippen molar-refractivity contribution >= 4 is 36.2 Å². The van der Waals surface area contributed by atoms with E-state index in [4.69, 9.17) is 26.5 Å². The van der Waals surface area contributed by atoms with Crippen molar-refractivity contribution in [3.63, 3.8) is 0 Å². The van der Waals surface area contributed by atoms with Crippen LogP contribution in [-0.4, -0.2) is 40.0 Å². The van der Waals surface area contributed by atoms with Crippen LogP contribution in [0.15, 0.2) is 29.3 Å². The van der Waals surface area contributed by atoms with Crippen molar-refractivity contribution in [2.45, 2.75) is 12.1 Å². The summed E-state index contributed by atoms with van der Waals surface area (Å²) in [7, 11) is 0. The average molecular weight is 353 g/mol. The molecule has 1 aromatic carbocycles. The number of carboxylic acids is 2. The summed E-state index contributed by atoms with van der Waals surface area (Å²) in [6.07, 6.45) is -5.08. The summed E-state index contributed by atoms with van der Waals surface area (Å²) in [5.41, 5.74) is 11.6. The zero-order valence-corrected chi connectivity index (χ0v) is 12.4. The third kappa shape index (κ3) is 7.95. The van der Waals surface area contributed by atoms with Gasteiger partial charge in [0.15, 0.2) is 5.96 Å². The Morgan fingerprint density at radius 2 is 1.78 bits per heavy atom. The maximum absolute atomic E-state index is 10.9. The van der Waals surface area contributed by atoms with Crippen molar-refractivity contribution in [1.82, 2.24) is 0 Å². The van der Waals surface area contributed by atoms with Gasteiger partial charge in [-0.1, -0.05) is 12.1 Å². The van der Waals surface area contributed by atoms with Crippen LogP contribution in [0.1, 0.15) is 11.5 Å². The highest BCUT2D eigenvalue weighted by Gasteiger charge is 2.38. The van der Waals surface area contributed by atoms with Crippen molar-refractivity contribution in [3.05, 3.63) is 29.8 Å². The molecular weight excluding hydrogens is 339 g/mol. The van der Waals surface area contributed by atoms with Crippen LogP contribution < -0.4 is 11.5 Å². The Morgan fingerprint density at radius 1 is 1.26 bits per heavy atom. The highest BCUT2D eigenvalue weighted by molar-refractivity contribution is 7.80. The van der Waals surface area contributed by atoms with Crippen LogP contribution in [0.2, 0.25) is 0 Å². The number of aliphatic carboxylic acids is 2. The number of carbonyl (C=O) groups is 2. The highest BCUT2D eigenvalue weighted by atomic mass is 32.1. The van der Waals surface area contributed by atoms with Crippen LogP contribution in [0.3, 0.4) is 0 Å². The number of alkyl halides is 3. The number of nitrogens with zero attached hydrogens (tertiary/aromatic N) is 1. The maximum Gasteiger partial charge on any atom is 0.490 e. The fourth-order valence-electron chi connectivity index (χ4n) is 1.29. The van der Waals surface area contributed by atoms with E-state index < -0.39 is 24.0 Å². The zero-order chi connectivity index (χ0) is 18.2. The van der Waals surface area contributed by atoms with Crippen molar-refractivity contribution in [3.8, 4) is 0 Å². The lowest BCUT2D eigenvalue weighted by molar-refractivity contribution is -0.192. The van der Waals surface area contributed by atoms with Gasteiger partial charge < -0.3 is 21.7 Å². The van der Waals surface area contributed by atoms with Gasteiger partial charge in [-0.05, 0) is 17.7 Å². The molecule has 0 aliphatic heterocycles. The molecule has 0 spiro atoms. The van der Waals surface area contributed by atoms with E-state index in [2.05, 4.69) is 17.6 Å². The fraction of sp³-hybridized carbons (Fsp3) is 0.250. The van der Waals surface area contributed by atoms with Gasteiger partial charge in [0.05, 0.1) is 11.6 Å². The molecule has 1 unspecified atom stereocenters. The molecule has 0 amide bonds. The van der Waals surface area contributed by atoms with Gasteiger partial charge in [0.25, 0.3) is 0 Å². The summed E-state index contributed by atoms with van der Waals surface area (Å²) in [6.45, 7) is 0. The summed E-state index contributed by atoms with van der Waals surface area (Å²) >= 11 is 4.00. The van der Waals surface area contributed by atoms with Gasteiger partial charge in [-0.25, -0.2) is 9.79 Å². The molecule has 0 radical (unpaired) electrons. The quantitative estimate of drug-likeness (QED) is 0.314. The van der Waals surface area contributed by atoms with E-state index in [1.54, 1.807) is 24.3 Å². The molecule has 0 saturated heterocycles. The minimum Gasteiger partial charge on any atom is -0.481 e. The Morgan fingerprint density at radius 3 is 2.13 bits per heavy atom. The summed E-state index contributed by atoms with van der Waals surface area (Å²) in [5.74, 6) is -4.17. The third-order valence-corrected chi connectivity index (χ3v) is 2.62. The lowest BCUT2D eigenvalue weighted by Crippen LogP contribution is -2.21. The molecule has 7 nitrogen and oxygen atoms in total. The molecule has 1 aromatic rings. The molecule has 1 rings (SSSR count). The predicted octanol–water partition coefficient (Wildman–Crippen LogP) is 1.32. The normalized spacial score (nSPS) is 11.7. The third-order valence-electron chi connectivity index (χ3n) is 2.25. The number of hydrogen-bond acceptors (Lipinski definition) is 4. The first-order valence-corrected chi connectivity index (χ1v) is 6.45. The van der Waals surface area contributed by atoms with E-state index in [1.807, 2.05) is 0 Å². The van der Waals surface area contributed by atoms with Gasteiger partial charge >= 0.3 is 18.1 Å². The Bertz CT molecular complexity index is 589. The number of nitrogens with two attached hydrogens (primary N) is 2. The number of guanidine groups is 1. The second-order valence-corrected chi connectivity index (χ2v) is 4.37. The maximum atomic E-state index is 10.9. The summed E-state index contributed by atoms with van der Waals surface area (Å²) in [6, 6.07) is 6.74. The van der Waals surface area contributed by atoms with Gasteiger partial charge in [0.1, 0.15) is 0 Å². The van der Waals surface area contributed by atoms with Crippen molar-refractivity contribution in [1.29, 1.82) is 0 Å². The molecule has 0 aliphatic rings. The van der Waals surface area contributed by atoms with Gasteiger partial charge in [-0.3, -0.25) is 4.79 Å². The van der Waals surface area contributed by atoms with E-state index in [-0.39, 0.29) is 11.7 Å². The van der Waals surface area contributed by atoms with Gasteiger partial charge in [0, 0.05) is 5.75 Å². The standard InChI is InChI=1S/C10H13N3O2S.C2HF3O2/c11-10(12)13-7-3-1-2-6(4-7)8(5-16)9(14)15;3-2(4,5)1(6)7/h1-4,8,16H,5H2,(H,14,15)(H4,11,12,13);(H,6,7). The van der Waals surface area contributed by atoms with Crippen LogP contribution in [0.4, 0.5) is 18.9 Å². The Hall–Kier alpha value is -2.43. The summed E-state index contributed by atoms with van der Waals surface area (Å²) < 4.78 is 31.7. The second kappa shape index (κ2) is 8.88. The smallest absolute Gasteiger partial charge is 0.481 e. The second-order valence-electron chi connectivity index (χ2n) is 4.01. The minimum absolute atomic E-state index is 0.0603. The first kappa shape index (κ1) is 20.6. The largest absolute Gasteiger partial charge is 0.490 e. The molecule has 0 saturated carbocycles. The van der Waals surface area contributed by atoms with Gasteiger partial charge in [-0.2, -0.15) is 25.8 Å². The number of benzene rings is 1. The van der Waals surface area contributed by atoms with Crippen molar-refractivity contribution in [2.75, 3.05) is 5.75 Å². The number of halogens is 3. The van der Waals surface area contributed by atoms with Gasteiger partial charge in [0.2, 0.25) is 0 Å². The molecule has 0 bridgehead atoms. The van der Waals surface area contributed by atoms with E-state index in [9.17, 15) is 18.0 Å². The predicted molar refractivity (Wildman–Crippen MR) is 79.8 cm³/mol. The summed E-state index contributed by atoms with van der Waals surface area (Å²) in [5, 5.41) is 16.1. The zero-order valence-electron chi connectivity index (χ0n) is 11.5. The molecule has 23 heavy (non-hydrogen) atoms. The molecule has 0 heterocycles. The van der Waals surface area contributed by atoms with Crippen LogP contribution in [0, 0.1) is 0 Å². The van der Waals surface area contributed by atoms with Crippen LogP contribution >= 0.6 is 12.6 Å². The van der Waals surface area contributed by atoms with E-state index in [0.717, 1.165) is 0 Å². The summed E-state index contributed by atoms with van der Waals surface area (Å²) in [4.78, 5) is 23.7. The van der Waals surface area contributed by atoms with E-state index in [0.29, 0.717) is 11.3 Å². The molecule has 128 valence electrons. The van der Waals surface area contributed by atoms with Crippen LogP contribution in [0.25, 0.3) is 0 Å². The number of thiol groups is 1. The number of carboxylic acid groups (broad SMARTS) is 2. The first-order chi connectivity index (χ1) is 10.5. The Kier molecular flexibility index (Phi) is 7.94. The fourth-order valence-corrected chi connectivity index (χ4v) is 1.65. The van der Waals surface area contributed by atoms with E-state index in [1.165, 1.54) is 0 Å². The SMILES string of the molecule is NC(N)=Nc1cccc(C(CS)C(=O)O)c1.O=C(O)C(F)(F)F. The molecule has 0 aliphatic carbocycles. The molecule has 1 atom stereocenters. The average Bonchev–Trinajstić information content (AvgIpc) is 2.38. The molecule has 0 aromatic heterocycles. The number of rotatable bonds is 4. The minimum atomic E-state index is -5.08. The number of aliphatic imine (C=N–C) groups is 1. The van der Waals surface area contributed by atoms with Crippen molar-refractivity contribution < 1.29 is 33.0 Å². The van der Waals surface area contributed by atoms with Crippen molar-refractivity contribution in [2.24, 2.45) is 16.5 Å². The molecule has 11 heteroatoms. The molecule has 6 N–H and O–H groups in total. The van der Waals surface area contributed by atoms with Crippen LogP contribution in [-0.2, 0) is 9.59 Å². The number of hydrogen-bond donors (Lipinski definition) is 5. The lowest BCUT2D eigenvalue weighted by atomic mass is 10.0. The highest BCUT2D eigenvalue weighted by Crippen LogP contribution is 2.22. The van der Waals surface area contributed by atoms with E-state index >= 15 is 0 Å². The van der Waals surface area contributed by atoms with Gasteiger partial charge in [-0.15, -0.1) is 0 Å². The Labute approximate surface area is 134 Å². The monoisotopic (exact) mass is 353 g/mol. The lowest BCUT2D eigenvalue weighted by Gasteiger charge is -2.09.